The molecule has 1 aromatic heterocycles. The predicted molar refractivity (Wildman–Crippen MR) is 81.7 cm³/mol. The van der Waals surface area contributed by atoms with E-state index < -0.39 is 0 Å². The Balaban J connectivity index is 2.10. The van der Waals surface area contributed by atoms with Crippen LogP contribution < -0.4 is 5.73 Å². The summed E-state index contributed by atoms with van der Waals surface area (Å²) < 4.78 is 14.2. The second kappa shape index (κ2) is 6.54. The van der Waals surface area contributed by atoms with Crippen molar-refractivity contribution < 1.29 is 4.39 Å². The number of halogens is 1. The molecule has 2 aromatic rings. The highest BCUT2D eigenvalue weighted by molar-refractivity contribution is 7.80. The first kappa shape index (κ1) is 14.6. The number of hydrogen-bond donors (Lipinski definition) is 1. The van der Waals surface area contributed by atoms with Gasteiger partial charge in [0, 0.05) is 36.6 Å². The average molecular weight is 289 g/mol. The van der Waals surface area contributed by atoms with E-state index in [1.54, 1.807) is 30.6 Å². The maximum absolute atomic E-state index is 14.2. The van der Waals surface area contributed by atoms with Gasteiger partial charge in [-0.3, -0.25) is 9.88 Å². The third kappa shape index (κ3) is 3.59. The van der Waals surface area contributed by atoms with Crippen LogP contribution in [0.2, 0.25) is 0 Å². The largest absolute Gasteiger partial charge is 0.389 e. The van der Waals surface area contributed by atoms with Crippen molar-refractivity contribution in [1.29, 1.82) is 0 Å². The maximum Gasteiger partial charge on any atom is 0.137 e. The smallest absolute Gasteiger partial charge is 0.137 e. The van der Waals surface area contributed by atoms with E-state index in [0.29, 0.717) is 24.2 Å². The number of aromatic nitrogens is 1. The van der Waals surface area contributed by atoms with Crippen molar-refractivity contribution >= 4 is 17.2 Å². The van der Waals surface area contributed by atoms with E-state index in [0.717, 1.165) is 5.56 Å². The van der Waals surface area contributed by atoms with Gasteiger partial charge < -0.3 is 5.73 Å². The normalized spacial score (nSPS) is 10.8. The molecule has 1 aromatic carbocycles. The highest BCUT2D eigenvalue weighted by atomic mass is 32.1. The zero-order valence-corrected chi connectivity index (χ0v) is 12.0. The van der Waals surface area contributed by atoms with Crippen LogP contribution >= 0.6 is 12.2 Å². The summed E-state index contributed by atoms with van der Waals surface area (Å²) in [5, 5.41) is 0. The lowest BCUT2D eigenvalue weighted by Gasteiger charge is -2.17. The van der Waals surface area contributed by atoms with Crippen molar-refractivity contribution in [3.63, 3.8) is 0 Å². The molecule has 1 heterocycles. The molecule has 0 spiro atoms. The minimum Gasteiger partial charge on any atom is -0.389 e. The van der Waals surface area contributed by atoms with Crippen LogP contribution in [0.3, 0.4) is 0 Å². The van der Waals surface area contributed by atoms with Crippen molar-refractivity contribution in [3.8, 4) is 0 Å². The molecule has 0 unspecified atom stereocenters. The van der Waals surface area contributed by atoms with E-state index >= 15 is 0 Å². The summed E-state index contributed by atoms with van der Waals surface area (Å²) in [5.41, 5.74) is 7.47. The van der Waals surface area contributed by atoms with Gasteiger partial charge in [0.2, 0.25) is 0 Å². The SMILES string of the molecule is CN(Cc1cccnc1)Cc1cccc(C(N)=S)c1F. The van der Waals surface area contributed by atoms with Crippen molar-refractivity contribution in [1.82, 2.24) is 9.88 Å². The number of thiocarbonyl (C=S) groups is 1. The monoisotopic (exact) mass is 289 g/mol. The van der Waals surface area contributed by atoms with Gasteiger partial charge in [0.25, 0.3) is 0 Å². The highest BCUT2D eigenvalue weighted by Crippen LogP contribution is 2.15. The van der Waals surface area contributed by atoms with E-state index in [2.05, 4.69) is 4.98 Å². The third-order valence-corrected chi connectivity index (χ3v) is 3.18. The molecule has 0 saturated carbocycles. The van der Waals surface area contributed by atoms with Gasteiger partial charge >= 0.3 is 0 Å². The predicted octanol–water partition coefficient (Wildman–Crippen LogP) is 2.49. The van der Waals surface area contributed by atoms with Crippen LogP contribution in [0.1, 0.15) is 16.7 Å². The molecular weight excluding hydrogens is 273 g/mol. The molecular formula is C15H16FN3S. The van der Waals surface area contributed by atoms with Crippen LogP contribution in [0.15, 0.2) is 42.7 Å². The van der Waals surface area contributed by atoms with E-state index in [1.165, 1.54) is 0 Å². The molecule has 2 rings (SSSR count). The first-order chi connectivity index (χ1) is 9.58. The molecule has 0 saturated heterocycles. The number of pyridine rings is 1. The molecule has 0 radical (unpaired) electrons. The van der Waals surface area contributed by atoms with Gasteiger partial charge in [0.1, 0.15) is 10.8 Å². The Morgan fingerprint density at radius 1 is 1.30 bits per heavy atom. The molecule has 0 aliphatic rings. The molecule has 0 fully saturated rings. The van der Waals surface area contributed by atoms with Crippen LogP contribution in [-0.2, 0) is 13.1 Å². The fourth-order valence-electron chi connectivity index (χ4n) is 2.04. The Bertz CT molecular complexity index is 601. The summed E-state index contributed by atoms with van der Waals surface area (Å²) in [6.07, 6.45) is 3.53. The summed E-state index contributed by atoms with van der Waals surface area (Å²) in [5.74, 6) is -0.335. The van der Waals surface area contributed by atoms with Gasteiger partial charge in [0.15, 0.2) is 0 Å². The summed E-state index contributed by atoms with van der Waals surface area (Å²) in [6.45, 7) is 1.18. The molecule has 2 N–H and O–H groups in total. The number of hydrogen-bond acceptors (Lipinski definition) is 3. The van der Waals surface area contributed by atoms with Gasteiger partial charge in [-0.05, 0) is 24.7 Å². The average Bonchev–Trinajstić information content (AvgIpc) is 2.42. The zero-order valence-electron chi connectivity index (χ0n) is 11.2. The number of rotatable bonds is 5. The van der Waals surface area contributed by atoms with E-state index in [9.17, 15) is 4.39 Å². The van der Waals surface area contributed by atoms with E-state index in [1.807, 2.05) is 24.1 Å². The van der Waals surface area contributed by atoms with Crippen LogP contribution in [0, 0.1) is 5.82 Å². The van der Waals surface area contributed by atoms with E-state index in [-0.39, 0.29) is 10.8 Å². The van der Waals surface area contributed by atoms with Gasteiger partial charge in [-0.1, -0.05) is 30.4 Å². The summed E-state index contributed by atoms with van der Waals surface area (Å²) >= 11 is 4.84. The summed E-state index contributed by atoms with van der Waals surface area (Å²) in [4.78, 5) is 6.16. The maximum atomic E-state index is 14.2. The fourth-order valence-corrected chi connectivity index (χ4v) is 2.20. The lowest BCUT2D eigenvalue weighted by Crippen LogP contribution is -2.20. The zero-order chi connectivity index (χ0) is 14.5. The number of nitrogens with zero attached hydrogens (tertiary/aromatic N) is 2. The second-order valence-electron chi connectivity index (χ2n) is 4.68. The quantitative estimate of drug-likeness (QED) is 0.859. The highest BCUT2D eigenvalue weighted by Gasteiger charge is 2.11. The van der Waals surface area contributed by atoms with E-state index in [4.69, 9.17) is 18.0 Å². The van der Waals surface area contributed by atoms with Gasteiger partial charge in [0.05, 0.1) is 0 Å². The fraction of sp³-hybridized carbons (Fsp3) is 0.200. The van der Waals surface area contributed by atoms with Crippen molar-refractivity contribution in [2.24, 2.45) is 5.73 Å². The molecule has 0 aliphatic carbocycles. The Kier molecular flexibility index (Phi) is 4.76. The molecule has 104 valence electrons. The summed E-state index contributed by atoms with van der Waals surface area (Å²) in [6, 6.07) is 8.99. The van der Waals surface area contributed by atoms with Gasteiger partial charge in [-0.15, -0.1) is 0 Å². The number of nitrogens with two attached hydrogens (primary N) is 1. The molecule has 0 amide bonds. The van der Waals surface area contributed by atoms with Crippen molar-refractivity contribution in [2.45, 2.75) is 13.1 Å². The van der Waals surface area contributed by atoms with Crippen molar-refractivity contribution in [2.75, 3.05) is 7.05 Å². The van der Waals surface area contributed by atoms with Crippen LogP contribution in [0.4, 0.5) is 4.39 Å². The Hall–Kier alpha value is -1.85. The van der Waals surface area contributed by atoms with Crippen LogP contribution in [0.5, 0.6) is 0 Å². The third-order valence-electron chi connectivity index (χ3n) is 2.96. The van der Waals surface area contributed by atoms with Crippen LogP contribution in [0.25, 0.3) is 0 Å². The Morgan fingerprint density at radius 2 is 2.10 bits per heavy atom. The first-order valence-electron chi connectivity index (χ1n) is 6.22. The molecule has 3 nitrogen and oxygen atoms in total. The van der Waals surface area contributed by atoms with Crippen molar-refractivity contribution in [3.05, 3.63) is 65.2 Å². The lowest BCUT2D eigenvalue weighted by molar-refractivity contribution is 0.313. The minimum atomic E-state index is -0.335. The second-order valence-corrected chi connectivity index (χ2v) is 5.12. The molecule has 0 atom stereocenters. The lowest BCUT2D eigenvalue weighted by atomic mass is 10.1. The first-order valence-corrected chi connectivity index (χ1v) is 6.63. The standard InChI is InChI=1S/C15H16FN3S/c1-19(9-11-4-3-7-18-8-11)10-12-5-2-6-13(14(12)16)15(17)20/h2-8H,9-10H2,1H3,(H2,17,20). The Morgan fingerprint density at radius 3 is 2.75 bits per heavy atom. The molecule has 20 heavy (non-hydrogen) atoms. The number of benzene rings is 1. The van der Waals surface area contributed by atoms with Crippen LogP contribution in [-0.4, -0.2) is 21.9 Å². The topological polar surface area (TPSA) is 42.2 Å². The van der Waals surface area contributed by atoms with Gasteiger partial charge in [-0.25, -0.2) is 4.39 Å². The molecule has 5 heteroatoms. The molecule has 0 aliphatic heterocycles. The molecule has 0 bridgehead atoms. The van der Waals surface area contributed by atoms with Gasteiger partial charge in [-0.2, -0.15) is 0 Å². The minimum absolute atomic E-state index is 0.0827. The summed E-state index contributed by atoms with van der Waals surface area (Å²) in [7, 11) is 1.93. The Labute approximate surface area is 123 Å².